The van der Waals surface area contributed by atoms with Crippen molar-refractivity contribution in [1.82, 2.24) is 0 Å². The molecule has 0 radical (unpaired) electrons. The van der Waals surface area contributed by atoms with Crippen LogP contribution in [0.4, 0.5) is 0 Å². The van der Waals surface area contributed by atoms with Gasteiger partial charge in [-0.2, -0.15) is 20.8 Å². The molecule has 0 rings (SSSR count). The molecule has 12 nitrogen and oxygen atoms in total. The first-order valence-corrected chi connectivity index (χ1v) is 10.2. The van der Waals surface area contributed by atoms with Crippen LogP contribution in [0.3, 0.4) is 0 Å². The Bertz CT molecular complexity index is 803. The molecule has 0 spiro atoms. The molecule has 0 saturated carbocycles. The van der Waals surface area contributed by atoms with E-state index >= 15 is 0 Å². The molecule has 0 fully saturated rings. The van der Waals surface area contributed by atoms with Crippen molar-refractivity contribution in [1.29, 1.82) is 10.5 Å². The van der Waals surface area contributed by atoms with Crippen molar-refractivity contribution in [2.24, 2.45) is 10.2 Å². The molecule has 2 atom stereocenters. The van der Waals surface area contributed by atoms with Gasteiger partial charge in [-0.3, -0.25) is 9.59 Å². The van der Waals surface area contributed by atoms with Gasteiger partial charge < -0.3 is 18.9 Å². The van der Waals surface area contributed by atoms with Gasteiger partial charge in [0.15, 0.2) is 11.1 Å². The number of nitriles is 2. The topological polar surface area (TPSA) is 177 Å². The standard InChI is InChI=1S/C22H28N4O8/c1-5-17(27)31-11-13-33-19(29)7-9-21(3,15-23)25-26-22(4,16-24)10-8-20(30)34-14-12-32-18(28)6-2/h5-6H,1-2,7-14H2,3-4H3/b26-25+. The number of rotatable bonds is 16. The van der Waals surface area contributed by atoms with Crippen LogP contribution in [0.5, 0.6) is 0 Å². The quantitative estimate of drug-likeness (QED) is 0.105. The lowest BCUT2D eigenvalue weighted by Gasteiger charge is -2.19. The summed E-state index contributed by atoms with van der Waals surface area (Å²) in [5.74, 6) is -2.54. The van der Waals surface area contributed by atoms with Crippen LogP contribution >= 0.6 is 0 Å². The highest BCUT2D eigenvalue weighted by Crippen LogP contribution is 2.23. The van der Waals surface area contributed by atoms with E-state index in [1.807, 2.05) is 12.1 Å². The molecule has 184 valence electrons. The van der Waals surface area contributed by atoms with Gasteiger partial charge in [0.1, 0.15) is 26.4 Å². The lowest BCUT2D eigenvalue weighted by Crippen LogP contribution is -2.26. The summed E-state index contributed by atoms with van der Waals surface area (Å²) in [5.41, 5.74) is -2.83. The van der Waals surface area contributed by atoms with E-state index in [1.165, 1.54) is 13.8 Å². The molecule has 0 saturated heterocycles. The lowest BCUT2D eigenvalue weighted by atomic mass is 9.97. The van der Waals surface area contributed by atoms with Gasteiger partial charge in [-0.25, -0.2) is 9.59 Å². The summed E-state index contributed by atoms with van der Waals surface area (Å²) in [4.78, 5) is 45.4. The van der Waals surface area contributed by atoms with E-state index in [-0.39, 0.29) is 52.1 Å². The van der Waals surface area contributed by atoms with Crippen molar-refractivity contribution in [2.75, 3.05) is 26.4 Å². The molecule has 0 bridgehead atoms. The normalized spacial score (nSPS) is 13.8. The van der Waals surface area contributed by atoms with Crippen molar-refractivity contribution in [3.05, 3.63) is 25.3 Å². The molecular weight excluding hydrogens is 448 g/mol. The van der Waals surface area contributed by atoms with Crippen LogP contribution in [0.1, 0.15) is 39.5 Å². The second kappa shape index (κ2) is 15.7. The smallest absolute Gasteiger partial charge is 0.330 e. The Kier molecular flexibility index (Phi) is 13.8. The maximum absolute atomic E-state index is 11.8. The molecule has 34 heavy (non-hydrogen) atoms. The zero-order valence-electron chi connectivity index (χ0n) is 19.3. The van der Waals surface area contributed by atoms with E-state index in [9.17, 15) is 29.7 Å². The fraction of sp³-hybridized carbons (Fsp3) is 0.545. The van der Waals surface area contributed by atoms with Gasteiger partial charge in [0, 0.05) is 25.0 Å². The largest absolute Gasteiger partial charge is 0.462 e. The minimum Gasteiger partial charge on any atom is -0.462 e. The third-order valence-electron chi connectivity index (χ3n) is 4.12. The van der Waals surface area contributed by atoms with Crippen LogP contribution in [-0.4, -0.2) is 61.4 Å². The van der Waals surface area contributed by atoms with Crippen LogP contribution < -0.4 is 0 Å². The molecule has 0 aromatic carbocycles. The SMILES string of the molecule is C=CC(=O)OCCOC(=O)CCC(C)(C#N)/N=N/C(C)(C#N)CCC(=O)OCCOC(=O)C=C. The minimum absolute atomic E-state index is 0.0365. The highest BCUT2D eigenvalue weighted by Gasteiger charge is 2.30. The molecule has 0 aromatic heterocycles. The Morgan fingerprint density at radius 1 is 0.735 bits per heavy atom. The van der Waals surface area contributed by atoms with Crippen LogP contribution in [0.15, 0.2) is 35.5 Å². The predicted octanol–water partition coefficient (Wildman–Crippen LogP) is 2.11. The molecule has 0 heterocycles. The Morgan fingerprint density at radius 2 is 1.06 bits per heavy atom. The molecule has 0 N–H and O–H groups in total. The van der Waals surface area contributed by atoms with Gasteiger partial charge in [0.25, 0.3) is 0 Å². The molecule has 2 unspecified atom stereocenters. The fourth-order valence-corrected chi connectivity index (χ4v) is 2.03. The van der Waals surface area contributed by atoms with Crippen LogP contribution in [0, 0.1) is 22.7 Å². The summed E-state index contributed by atoms with van der Waals surface area (Å²) in [6, 6.07) is 3.87. The summed E-state index contributed by atoms with van der Waals surface area (Å²) < 4.78 is 19.1. The average molecular weight is 476 g/mol. The first-order valence-electron chi connectivity index (χ1n) is 10.2. The number of nitrogens with zero attached hydrogens (tertiary/aromatic N) is 4. The highest BCUT2D eigenvalue weighted by molar-refractivity contribution is 5.81. The number of azo groups is 1. The predicted molar refractivity (Wildman–Crippen MR) is 116 cm³/mol. The van der Waals surface area contributed by atoms with E-state index in [4.69, 9.17) is 9.47 Å². The van der Waals surface area contributed by atoms with E-state index < -0.39 is 35.0 Å². The van der Waals surface area contributed by atoms with Crippen molar-refractivity contribution < 1.29 is 38.1 Å². The first-order chi connectivity index (χ1) is 16.0. The minimum atomic E-state index is -1.41. The van der Waals surface area contributed by atoms with Gasteiger partial charge in [0.05, 0.1) is 12.1 Å². The van der Waals surface area contributed by atoms with Crippen LogP contribution in [-0.2, 0) is 38.1 Å². The lowest BCUT2D eigenvalue weighted by molar-refractivity contribution is -0.150. The molecule has 12 heteroatoms. The summed E-state index contributed by atoms with van der Waals surface area (Å²) in [6.07, 6.45) is 1.56. The molecule has 0 aromatic rings. The third kappa shape index (κ3) is 13.4. The summed E-state index contributed by atoms with van der Waals surface area (Å²) >= 11 is 0. The van der Waals surface area contributed by atoms with Crippen molar-refractivity contribution in [2.45, 2.75) is 50.6 Å². The number of hydrogen-bond donors (Lipinski definition) is 0. The van der Waals surface area contributed by atoms with E-state index in [0.717, 1.165) is 12.2 Å². The monoisotopic (exact) mass is 476 g/mol. The molecular formula is C22H28N4O8. The highest BCUT2D eigenvalue weighted by atomic mass is 16.6. The second-order valence-corrected chi connectivity index (χ2v) is 7.16. The van der Waals surface area contributed by atoms with Crippen molar-refractivity contribution in [3.8, 4) is 12.1 Å². The van der Waals surface area contributed by atoms with Gasteiger partial charge in [-0.1, -0.05) is 13.2 Å². The van der Waals surface area contributed by atoms with Gasteiger partial charge in [-0.05, 0) is 26.7 Å². The number of ether oxygens (including phenoxy) is 4. The summed E-state index contributed by atoms with van der Waals surface area (Å²) in [7, 11) is 0. The molecule has 0 aliphatic rings. The van der Waals surface area contributed by atoms with E-state index in [0.29, 0.717) is 0 Å². The van der Waals surface area contributed by atoms with E-state index in [1.54, 1.807) is 0 Å². The zero-order chi connectivity index (χ0) is 26.0. The first kappa shape index (κ1) is 29.9. The van der Waals surface area contributed by atoms with Gasteiger partial charge in [-0.15, -0.1) is 0 Å². The van der Waals surface area contributed by atoms with E-state index in [2.05, 4.69) is 32.9 Å². The zero-order valence-corrected chi connectivity index (χ0v) is 19.3. The fourth-order valence-electron chi connectivity index (χ4n) is 2.03. The molecule has 0 amide bonds. The number of carbonyl (C=O) groups excluding carboxylic acids is 4. The Hall–Kier alpha value is -4.06. The number of esters is 4. The third-order valence-corrected chi connectivity index (χ3v) is 4.12. The molecule has 0 aliphatic carbocycles. The number of hydrogen-bond acceptors (Lipinski definition) is 12. The Morgan fingerprint density at radius 3 is 1.35 bits per heavy atom. The summed E-state index contributed by atoms with van der Waals surface area (Å²) in [6.45, 7) is 8.78. The maximum Gasteiger partial charge on any atom is 0.330 e. The summed E-state index contributed by atoms with van der Waals surface area (Å²) in [5, 5.41) is 26.8. The number of carbonyl (C=O) groups is 4. The molecule has 0 aliphatic heterocycles. The second-order valence-electron chi connectivity index (χ2n) is 7.16. The van der Waals surface area contributed by atoms with Crippen molar-refractivity contribution in [3.63, 3.8) is 0 Å². The van der Waals surface area contributed by atoms with Crippen molar-refractivity contribution >= 4 is 23.9 Å². The Balaban J connectivity index is 4.62. The average Bonchev–Trinajstić information content (AvgIpc) is 2.85. The van der Waals surface area contributed by atoms with Crippen LogP contribution in [0.25, 0.3) is 0 Å². The van der Waals surface area contributed by atoms with Gasteiger partial charge >= 0.3 is 23.9 Å². The van der Waals surface area contributed by atoms with Gasteiger partial charge in [0.2, 0.25) is 0 Å². The van der Waals surface area contributed by atoms with Crippen LogP contribution in [0.2, 0.25) is 0 Å². The maximum atomic E-state index is 11.8. The Labute approximate surface area is 197 Å².